The average molecular weight is 893 g/mol. The van der Waals surface area contributed by atoms with Crippen LogP contribution in [0.2, 0.25) is 0 Å². The summed E-state index contributed by atoms with van der Waals surface area (Å²) >= 11 is 0. The van der Waals surface area contributed by atoms with Crippen molar-refractivity contribution in [3.8, 4) is 0 Å². The topological polar surface area (TPSA) is 214 Å². The van der Waals surface area contributed by atoms with Crippen LogP contribution in [0.15, 0.2) is 0 Å². The van der Waals surface area contributed by atoms with Crippen molar-refractivity contribution in [1.82, 2.24) is 0 Å². The number of aliphatic hydroxyl groups excluding tert-OH is 7. The molecule has 0 aromatic rings. The minimum atomic E-state index is -1.70. The van der Waals surface area contributed by atoms with Crippen molar-refractivity contribution in [2.45, 2.75) is 268 Å². The van der Waals surface area contributed by atoms with Gasteiger partial charge in [-0.2, -0.15) is 0 Å². The Kier molecular flexibility index (Phi) is 34.2. The third-order valence-corrected chi connectivity index (χ3v) is 12.4. The lowest BCUT2D eigenvalue weighted by Gasteiger charge is -2.42. The van der Waals surface area contributed by atoms with Gasteiger partial charge in [-0.25, -0.2) is 0 Å². The molecule has 368 valence electrons. The number of carbonyl (C=O) groups excluding carboxylic acids is 1. The SMILES string of the molecule is CCCCCCCCCCCCCCCCCCCCCCCC(=O)OC(COCCCCCCCCC)COC1OC(COC2OC(CO)C(O)C(O)C2O)C(O)C(O)C1O. The van der Waals surface area contributed by atoms with Crippen LogP contribution in [-0.4, -0.2) is 142 Å². The largest absolute Gasteiger partial charge is 0.457 e. The molecule has 7 N–H and O–H groups in total. The van der Waals surface area contributed by atoms with Gasteiger partial charge in [-0.15, -0.1) is 0 Å². The molecule has 2 aliphatic rings. The quantitative estimate of drug-likeness (QED) is 0.0246. The Morgan fingerprint density at radius 2 is 0.855 bits per heavy atom. The van der Waals surface area contributed by atoms with E-state index in [9.17, 15) is 40.5 Å². The maximum absolute atomic E-state index is 12.9. The summed E-state index contributed by atoms with van der Waals surface area (Å²) in [6.45, 7) is 3.68. The Balaban J connectivity index is 1.68. The summed E-state index contributed by atoms with van der Waals surface area (Å²) in [4.78, 5) is 12.9. The van der Waals surface area contributed by atoms with Crippen molar-refractivity contribution in [2.75, 3.05) is 33.0 Å². The number of aliphatic hydroxyl groups is 7. The van der Waals surface area contributed by atoms with Crippen molar-refractivity contribution >= 4 is 5.97 Å². The summed E-state index contributed by atoms with van der Waals surface area (Å²) in [7, 11) is 0. The number of hydrogen-bond acceptors (Lipinski definition) is 14. The van der Waals surface area contributed by atoms with Gasteiger partial charge in [-0.3, -0.25) is 4.79 Å². The van der Waals surface area contributed by atoms with E-state index in [4.69, 9.17) is 28.4 Å². The smallest absolute Gasteiger partial charge is 0.306 e. The maximum Gasteiger partial charge on any atom is 0.306 e. The van der Waals surface area contributed by atoms with Crippen molar-refractivity contribution in [1.29, 1.82) is 0 Å². The van der Waals surface area contributed by atoms with E-state index in [0.717, 1.165) is 44.9 Å². The lowest BCUT2D eigenvalue weighted by molar-refractivity contribution is -0.332. The molecule has 0 amide bonds. The second-order valence-electron chi connectivity index (χ2n) is 18.0. The molecule has 2 rings (SSSR count). The van der Waals surface area contributed by atoms with Gasteiger partial charge in [0.05, 0.1) is 26.4 Å². The molecule has 0 saturated carbocycles. The van der Waals surface area contributed by atoms with Gasteiger partial charge in [0, 0.05) is 13.0 Å². The first-order valence-electron chi connectivity index (χ1n) is 25.1. The molecule has 2 saturated heterocycles. The maximum atomic E-state index is 12.9. The molecule has 2 aliphatic heterocycles. The highest BCUT2D eigenvalue weighted by molar-refractivity contribution is 5.69. The van der Waals surface area contributed by atoms with E-state index >= 15 is 0 Å². The molecule has 0 aromatic heterocycles. The van der Waals surface area contributed by atoms with Crippen molar-refractivity contribution in [2.24, 2.45) is 0 Å². The fourth-order valence-electron chi connectivity index (χ4n) is 8.23. The van der Waals surface area contributed by atoms with Gasteiger partial charge < -0.3 is 64.2 Å². The van der Waals surface area contributed by atoms with E-state index in [-0.39, 0.29) is 25.6 Å². The molecular weight excluding hydrogens is 801 g/mol. The zero-order valence-electron chi connectivity index (χ0n) is 38.9. The highest BCUT2D eigenvalue weighted by Crippen LogP contribution is 2.26. The Bertz CT molecular complexity index is 1040. The van der Waals surface area contributed by atoms with E-state index in [1.165, 1.54) is 135 Å². The van der Waals surface area contributed by atoms with E-state index in [2.05, 4.69) is 13.8 Å². The summed E-state index contributed by atoms with van der Waals surface area (Å²) in [5, 5.41) is 71.9. The number of rotatable bonds is 40. The van der Waals surface area contributed by atoms with E-state index < -0.39 is 80.7 Å². The van der Waals surface area contributed by atoms with Crippen molar-refractivity contribution in [3.63, 3.8) is 0 Å². The lowest BCUT2D eigenvalue weighted by atomic mass is 9.98. The normalized spacial score (nSPS) is 27.1. The Hall–Kier alpha value is -1.01. The molecule has 0 aliphatic carbocycles. The van der Waals surface area contributed by atoms with Crippen LogP contribution in [0.5, 0.6) is 0 Å². The second kappa shape index (κ2) is 37.1. The van der Waals surface area contributed by atoms with Crippen LogP contribution in [0.25, 0.3) is 0 Å². The molecule has 0 aromatic carbocycles. The molecule has 14 nitrogen and oxygen atoms in total. The minimum Gasteiger partial charge on any atom is -0.457 e. The van der Waals surface area contributed by atoms with Gasteiger partial charge in [0.1, 0.15) is 54.9 Å². The first-order chi connectivity index (χ1) is 30.1. The fourth-order valence-corrected chi connectivity index (χ4v) is 8.23. The predicted molar refractivity (Wildman–Crippen MR) is 238 cm³/mol. The summed E-state index contributed by atoms with van der Waals surface area (Å²) in [6, 6.07) is 0. The van der Waals surface area contributed by atoms with Gasteiger partial charge in [0.25, 0.3) is 0 Å². The number of ether oxygens (including phenoxy) is 6. The lowest BCUT2D eigenvalue weighted by Crippen LogP contribution is -2.61. The van der Waals surface area contributed by atoms with Crippen LogP contribution in [0.3, 0.4) is 0 Å². The minimum absolute atomic E-state index is 0.0680. The van der Waals surface area contributed by atoms with Gasteiger partial charge in [-0.1, -0.05) is 181 Å². The number of hydrogen-bond donors (Lipinski definition) is 7. The summed E-state index contributed by atoms with van der Waals surface area (Å²) in [6.07, 6.45) is 19.1. The summed E-state index contributed by atoms with van der Waals surface area (Å²) in [5.41, 5.74) is 0. The zero-order chi connectivity index (χ0) is 45.2. The molecular formula is C48H92O14. The van der Waals surface area contributed by atoms with E-state index in [1.54, 1.807) is 0 Å². The standard InChI is InChI=1S/C48H92O14/c1-3-5-7-9-11-12-13-14-15-16-17-18-19-20-21-22-23-24-25-27-29-31-40(50)60-37(34-57-32-30-28-26-10-8-6-4-2)35-58-47-46(56)44(54)42(52)39(62-47)36-59-48-45(55)43(53)41(51)38(33-49)61-48/h37-39,41-49,51-56H,3-36H2,1-2H3. The predicted octanol–water partition coefficient (Wildman–Crippen LogP) is 6.91. The monoisotopic (exact) mass is 893 g/mol. The first kappa shape index (κ1) is 57.1. The third kappa shape index (κ3) is 25.0. The first-order valence-corrected chi connectivity index (χ1v) is 25.1. The molecule has 2 fully saturated rings. The van der Waals surface area contributed by atoms with Crippen LogP contribution < -0.4 is 0 Å². The highest BCUT2D eigenvalue weighted by Gasteiger charge is 2.47. The van der Waals surface area contributed by atoms with Gasteiger partial charge >= 0.3 is 5.97 Å². The number of unbranched alkanes of at least 4 members (excludes halogenated alkanes) is 26. The van der Waals surface area contributed by atoms with Crippen LogP contribution in [0.1, 0.15) is 200 Å². The van der Waals surface area contributed by atoms with Crippen LogP contribution >= 0.6 is 0 Å². The molecule has 11 unspecified atom stereocenters. The second-order valence-corrected chi connectivity index (χ2v) is 18.0. The van der Waals surface area contributed by atoms with Gasteiger partial charge in [-0.05, 0) is 12.8 Å². The van der Waals surface area contributed by atoms with Crippen LogP contribution in [0.4, 0.5) is 0 Å². The van der Waals surface area contributed by atoms with E-state index in [0.29, 0.717) is 6.61 Å². The number of esters is 1. The molecule has 0 radical (unpaired) electrons. The van der Waals surface area contributed by atoms with Gasteiger partial charge in [0.2, 0.25) is 0 Å². The Morgan fingerprint density at radius 1 is 0.468 bits per heavy atom. The van der Waals surface area contributed by atoms with Crippen LogP contribution in [-0.2, 0) is 33.2 Å². The van der Waals surface area contributed by atoms with Crippen LogP contribution in [0, 0.1) is 0 Å². The molecule has 0 bridgehead atoms. The Labute approximate surface area is 374 Å². The zero-order valence-corrected chi connectivity index (χ0v) is 38.9. The summed E-state index contributed by atoms with van der Waals surface area (Å²) in [5.74, 6) is -0.373. The highest BCUT2D eigenvalue weighted by atomic mass is 16.7. The van der Waals surface area contributed by atoms with Gasteiger partial charge in [0.15, 0.2) is 12.6 Å². The summed E-state index contributed by atoms with van der Waals surface area (Å²) < 4.78 is 34.1. The molecule has 0 spiro atoms. The molecule has 62 heavy (non-hydrogen) atoms. The molecule has 2 heterocycles. The molecule has 14 heteroatoms. The fraction of sp³-hybridized carbons (Fsp3) is 0.979. The van der Waals surface area contributed by atoms with Crippen molar-refractivity contribution < 1.29 is 69.0 Å². The van der Waals surface area contributed by atoms with E-state index in [1.807, 2.05) is 0 Å². The molecule has 11 atom stereocenters. The third-order valence-electron chi connectivity index (χ3n) is 12.4. The Morgan fingerprint density at radius 3 is 1.31 bits per heavy atom. The average Bonchev–Trinajstić information content (AvgIpc) is 3.27. The number of carbonyl (C=O) groups is 1. The van der Waals surface area contributed by atoms with Crippen molar-refractivity contribution in [3.05, 3.63) is 0 Å².